The topological polar surface area (TPSA) is 64.5 Å². The molecule has 0 unspecified atom stereocenters. The van der Waals surface area contributed by atoms with Crippen molar-refractivity contribution in [2.45, 2.75) is 33.1 Å². The van der Waals surface area contributed by atoms with Gasteiger partial charge in [0.05, 0.1) is 22.4 Å². The lowest BCUT2D eigenvalue weighted by molar-refractivity contribution is 0.572. The molecule has 0 bridgehead atoms. The summed E-state index contributed by atoms with van der Waals surface area (Å²) >= 11 is 0. The minimum Gasteiger partial charge on any atom is -0.264 e. The van der Waals surface area contributed by atoms with Crippen LogP contribution in [0, 0.1) is 6.92 Å². The third-order valence-electron chi connectivity index (χ3n) is 11.2. The van der Waals surface area contributed by atoms with Gasteiger partial charge in [-0.05, 0) is 76.0 Å². The third kappa shape index (κ3) is 6.91. The van der Waals surface area contributed by atoms with Crippen molar-refractivity contribution in [3.05, 3.63) is 188 Å². The van der Waals surface area contributed by atoms with Crippen LogP contribution in [-0.4, -0.2) is 24.9 Å². The van der Waals surface area contributed by atoms with Gasteiger partial charge in [-0.2, -0.15) is 0 Å². The molecule has 0 fully saturated rings. The minimum atomic E-state index is -0.124. The second-order valence-corrected chi connectivity index (χ2v) is 16.3. The maximum Gasteiger partial charge on any atom is 0.160 e. The molecule has 0 atom stereocenters. The quantitative estimate of drug-likeness (QED) is 0.158. The molecule has 10 rings (SSSR count). The first-order chi connectivity index (χ1) is 28.7. The average molecular weight is 760 g/mol. The van der Waals surface area contributed by atoms with Gasteiger partial charge in [-0.3, -0.25) is 9.97 Å². The number of benzene rings is 6. The van der Waals surface area contributed by atoms with E-state index in [1.165, 1.54) is 0 Å². The molecule has 0 saturated carbocycles. The van der Waals surface area contributed by atoms with Crippen molar-refractivity contribution >= 4 is 32.6 Å². The van der Waals surface area contributed by atoms with E-state index in [-0.39, 0.29) is 5.41 Å². The number of hydrogen-bond acceptors (Lipinski definition) is 5. The second kappa shape index (κ2) is 14.5. The van der Waals surface area contributed by atoms with Crippen molar-refractivity contribution in [3.8, 4) is 67.3 Å². The number of aryl methyl sites for hydroxylation is 1. The van der Waals surface area contributed by atoms with E-state index in [1.54, 1.807) is 0 Å². The van der Waals surface area contributed by atoms with Crippen molar-refractivity contribution in [2.24, 2.45) is 0 Å². The Kier molecular flexibility index (Phi) is 8.87. The number of rotatable bonds is 6. The summed E-state index contributed by atoms with van der Waals surface area (Å²) in [7, 11) is 0. The van der Waals surface area contributed by atoms with E-state index in [2.05, 4.69) is 171 Å². The summed E-state index contributed by atoms with van der Waals surface area (Å²) in [5.74, 6) is 0.680. The van der Waals surface area contributed by atoms with Crippen LogP contribution in [0.2, 0.25) is 0 Å². The fourth-order valence-electron chi connectivity index (χ4n) is 7.94. The Morgan fingerprint density at radius 2 is 1.07 bits per heavy atom. The standard InChI is InChI=1S/C54H41N5/c1-34-16-17-40-26-27-45-46(31-50(54(2,3)4)59-52(45)51(40)56-34)38-22-18-35(19-23-38)36-20-24-41(25-21-36)53-57-48(39-10-6-5-7-11-39)32-49(58-53)43-14-8-13-42(30-43)44-15-9-12-37-28-29-55-33-47(37)44/h5-33H,1-4H3. The normalized spacial score (nSPS) is 11.7. The smallest absolute Gasteiger partial charge is 0.160 e. The molecule has 0 amide bonds. The van der Waals surface area contributed by atoms with Crippen molar-refractivity contribution in [1.29, 1.82) is 0 Å². The van der Waals surface area contributed by atoms with E-state index in [9.17, 15) is 0 Å². The van der Waals surface area contributed by atoms with Gasteiger partial charge in [0.1, 0.15) is 0 Å². The van der Waals surface area contributed by atoms with Crippen molar-refractivity contribution in [2.75, 3.05) is 0 Å². The van der Waals surface area contributed by atoms with Crippen LogP contribution in [0.5, 0.6) is 0 Å². The fourth-order valence-corrected chi connectivity index (χ4v) is 7.94. The van der Waals surface area contributed by atoms with Gasteiger partial charge in [-0.1, -0.05) is 154 Å². The molecule has 282 valence electrons. The summed E-state index contributed by atoms with van der Waals surface area (Å²) < 4.78 is 0. The van der Waals surface area contributed by atoms with Crippen LogP contribution in [-0.2, 0) is 5.41 Å². The molecule has 0 aliphatic carbocycles. The fraction of sp³-hybridized carbons (Fsp3) is 0.0926. The van der Waals surface area contributed by atoms with E-state index in [4.69, 9.17) is 19.9 Å². The van der Waals surface area contributed by atoms with Crippen LogP contribution in [0.4, 0.5) is 0 Å². The highest BCUT2D eigenvalue weighted by Crippen LogP contribution is 2.37. The highest BCUT2D eigenvalue weighted by molar-refractivity contribution is 6.08. The number of hydrogen-bond donors (Lipinski definition) is 0. The Hall–Kier alpha value is -7.37. The van der Waals surface area contributed by atoms with E-state index in [0.29, 0.717) is 5.82 Å². The molecule has 59 heavy (non-hydrogen) atoms. The predicted octanol–water partition coefficient (Wildman–Crippen LogP) is 13.7. The van der Waals surface area contributed by atoms with Gasteiger partial charge in [-0.15, -0.1) is 0 Å². The first-order valence-corrected chi connectivity index (χ1v) is 20.1. The van der Waals surface area contributed by atoms with Crippen LogP contribution in [0.25, 0.3) is 99.9 Å². The monoisotopic (exact) mass is 759 g/mol. The molecule has 0 radical (unpaired) electrons. The van der Waals surface area contributed by atoms with E-state index < -0.39 is 0 Å². The lowest BCUT2D eigenvalue weighted by Crippen LogP contribution is -2.14. The molecule has 0 aliphatic rings. The Morgan fingerprint density at radius 3 is 1.83 bits per heavy atom. The Labute approximate surface area is 344 Å². The van der Waals surface area contributed by atoms with Gasteiger partial charge in [0.2, 0.25) is 0 Å². The summed E-state index contributed by atoms with van der Waals surface area (Å²) in [6.45, 7) is 8.69. The number of fused-ring (bicyclic) bond motifs is 4. The van der Waals surface area contributed by atoms with Gasteiger partial charge >= 0.3 is 0 Å². The first-order valence-electron chi connectivity index (χ1n) is 20.1. The highest BCUT2D eigenvalue weighted by atomic mass is 14.9. The van der Waals surface area contributed by atoms with Crippen LogP contribution in [0.15, 0.2) is 176 Å². The molecule has 5 nitrogen and oxygen atoms in total. The molecule has 0 N–H and O–H groups in total. The largest absolute Gasteiger partial charge is 0.264 e. The lowest BCUT2D eigenvalue weighted by Gasteiger charge is -2.21. The highest BCUT2D eigenvalue weighted by Gasteiger charge is 2.20. The number of pyridine rings is 3. The Balaban J connectivity index is 1.00. The van der Waals surface area contributed by atoms with Crippen LogP contribution < -0.4 is 0 Å². The maximum atomic E-state index is 5.20. The number of nitrogens with zero attached hydrogens (tertiary/aromatic N) is 5. The zero-order chi connectivity index (χ0) is 40.1. The van der Waals surface area contributed by atoms with Gasteiger partial charge in [0.25, 0.3) is 0 Å². The first kappa shape index (κ1) is 36.0. The van der Waals surface area contributed by atoms with E-state index in [0.717, 1.165) is 105 Å². The molecule has 10 aromatic rings. The molecule has 6 aromatic carbocycles. The van der Waals surface area contributed by atoms with Crippen LogP contribution in [0.1, 0.15) is 32.2 Å². The van der Waals surface area contributed by atoms with E-state index >= 15 is 0 Å². The van der Waals surface area contributed by atoms with Crippen molar-refractivity contribution in [3.63, 3.8) is 0 Å². The van der Waals surface area contributed by atoms with E-state index in [1.807, 2.05) is 37.5 Å². The summed E-state index contributed by atoms with van der Waals surface area (Å²) in [6, 6.07) is 57.7. The molecular formula is C54H41N5. The average Bonchev–Trinajstić information content (AvgIpc) is 3.28. The molecule has 0 spiro atoms. The van der Waals surface area contributed by atoms with Gasteiger partial charge in [0.15, 0.2) is 5.82 Å². The van der Waals surface area contributed by atoms with Crippen molar-refractivity contribution < 1.29 is 0 Å². The third-order valence-corrected chi connectivity index (χ3v) is 11.2. The second-order valence-electron chi connectivity index (χ2n) is 16.3. The lowest BCUT2D eigenvalue weighted by atomic mass is 9.88. The predicted molar refractivity (Wildman–Crippen MR) is 244 cm³/mol. The zero-order valence-corrected chi connectivity index (χ0v) is 33.5. The molecule has 0 saturated heterocycles. The van der Waals surface area contributed by atoms with Crippen LogP contribution in [0.3, 0.4) is 0 Å². The number of aromatic nitrogens is 5. The molecular weight excluding hydrogens is 719 g/mol. The molecule has 0 aliphatic heterocycles. The maximum absolute atomic E-state index is 5.20. The SMILES string of the molecule is Cc1ccc2ccc3c(-c4ccc(-c5ccc(-c6nc(-c7ccccc7)cc(-c7cccc(-c8cccc9ccncc89)c7)n6)cc5)cc4)cc(C(C)(C)C)nc3c2n1. The van der Waals surface area contributed by atoms with Gasteiger partial charge < -0.3 is 0 Å². The molecule has 4 aromatic heterocycles. The summed E-state index contributed by atoms with van der Waals surface area (Å²) in [5, 5.41) is 4.49. The van der Waals surface area contributed by atoms with Crippen LogP contribution >= 0.6 is 0 Å². The minimum absolute atomic E-state index is 0.124. The summed E-state index contributed by atoms with van der Waals surface area (Å²) in [4.78, 5) is 24.8. The zero-order valence-electron chi connectivity index (χ0n) is 33.5. The summed E-state index contributed by atoms with van der Waals surface area (Å²) in [5.41, 5.74) is 15.4. The van der Waals surface area contributed by atoms with Gasteiger partial charge in [0, 0.05) is 62.0 Å². The Morgan fingerprint density at radius 1 is 0.407 bits per heavy atom. The van der Waals surface area contributed by atoms with Gasteiger partial charge in [-0.25, -0.2) is 15.0 Å². The molecule has 5 heteroatoms. The van der Waals surface area contributed by atoms with Crippen molar-refractivity contribution in [1.82, 2.24) is 24.9 Å². The molecule has 4 heterocycles. The Bertz CT molecular complexity index is 3180. The summed E-state index contributed by atoms with van der Waals surface area (Å²) in [6.07, 6.45) is 3.78.